The lowest BCUT2D eigenvalue weighted by Gasteiger charge is -2.26. The summed E-state index contributed by atoms with van der Waals surface area (Å²) in [6, 6.07) is 19.5. The standard InChI is InChI=1S/C22H24N2O4S2/c1-23(30(26,27)20-11-4-3-5-12-20)17-22(25)24(16-19-10-8-14-29-19)15-18-9-6-7-13-21(18)28-2/h3-14H,15-17H2,1-2H3. The molecule has 0 bridgehead atoms. The van der Waals surface area contributed by atoms with Crippen LogP contribution in [0.3, 0.4) is 0 Å². The van der Waals surface area contributed by atoms with Gasteiger partial charge in [-0.25, -0.2) is 8.42 Å². The first-order chi connectivity index (χ1) is 14.4. The first kappa shape index (κ1) is 22.0. The summed E-state index contributed by atoms with van der Waals surface area (Å²) in [5, 5.41) is 1.95. The lowest BCUT2D eigenvalue weighted by Crippen LogP contribution is -2.40. The Kier molecular flexibility index (Phi) is 7.25. The number of amides is 1. The molecule has 3 aromatic rings. The zero-order valence-corrected chi connectivity index (χ0v) is 18.5. The van der Waals surface area contributed by atoms with E-state index in [1.54, 1.807) is 41.5 Å². The normalized spacial score (nSPS) is 11.4. The number of carbonyl (C=O) groups excluding carboxylic acids is 1. The summed E-state index contributed by atoms with van der Waals surface area (Å²) < 4.78 is 32.1. The third kappa shape index (κ3) is 5.27. The van der Waals surface area contributed by atoms with E-state index >= 15 is 0 Å². The fourth-order valence-corrected chi connectivity index (χ4v) is 4.87. The summed E-state index contributed by atoms with van der Waals surface area (Å²) >= 11 is 1.55. The van der Waals surface area contributed by atoms with Gasteiger partial charge in [0.05, 0.1) is 25.1 Å². The van der Waals surface area contributed by atoms with Gasteiger partial charge in [0.2, 0.25) is 15.9 Å². The number of thiophene rings is 1. The molecule has 0 aliphatic heterocycles. The molecule has 1 heterocycles. The number of nitrogens with zero attached hydrogens (tertiary/aromatic N) is 2. The highest BCUT2D eigenvalue weighted by Crippen LogP contribution is 2.22. The molecule has 0 saturated carbocycles. The van der Waals surface area contributed by atoms with Crippen molar-refractivity contribution < 1.29 is 17.9 Å². The van der Waals surface area contributed by atoms with Crippen LogP contribution in [0.2, 0.25) is 0 Å². The Morgan fingerprint density at radius 2 is 1.67 bits per heavy atom. The number of likely N-dealkylation sites (N-methyl/N-ethyl adjacent to an activating group) is 1. The second-order valence-corrected chi connectivity index (χ2v) is 9.79. The number of para-hydroxylation sites is 1. The summed E-state index contributed by atoms with van der Waals surface area (Å²) in [5.41, 5.74) is 0.860. The van der Waals surface area contributed by atoms with E-state index < -0.39 is 10.0 Å². The SMILES string of the molecule is COc1ccccc1CN(Cc1cccs1)C(=O)CN(C)S(=O)(=O)c1ccccc1. The lowest BCUT2D eigenvalue weighted by molar-refractivity contribution is -0.132. The molecule has 8 heteroatoms. The van der Waals surface area contributed by atoms with E-state index in [1.165, 1.54) is 19.2 Å². The molecule has 0 aliphatic carbocycles. The highest BCUT2D eigenvalue weighted by atomic mass is 32.2. The van der Waals surface area contributed by atoms with Crippen molar-refractivity contribution in [2.24, 2.45) is 0 Å². The van der Waals surface area contributed by atoms with Gasteiger partial charge in [0.25, 0.3) is 0 Å². The van der Waals surface area contributed by atoms with Crippen LogP contribution in [-0.4, -0.2) is 44.2 Å². The van der Waals surface area contributed by atoms with Crippen molar-refractivity contribution in [1.29, 1.82) is 0 Å². The zero-order chi connectivity index (χ0) is 21.6. The van der Waals surface area contributed by atoms with Gasteiger partial charge in [-0.1, -0.05) is 42.5 Å². The van der Waals surface area contributed by atoms with Crippen molar-refractivity contribution in [3.8, 4) is 5.75 Å². The molecule has 0 atom stereocenters. The fourth-order valence-electron chi connectivity index (χ4n) is 3.01. The van der Waals surface area contributed by atoms with Gasteiger partial charge in [0, 0.05) is 24.0 Å². The molecular formula is C22H24N2O4S2. The van der Waals surface area contributed by atoms with Crippen LogP contribution in [0.4, 0.5) is 0 Å². The van der Waals surface area contributed by atoms with E-state index in [0.717, 1.165) is 14.7 Å². The third-order valence-electron chi connectivity index (χ3n) is 4.64. The lowest BCUT2D eigenvalue weighted by atomic mass is 10.2. The van der Waals surface area contributed by atoms with E-state index in [2.05, 4.69) is 0 Å². The van der Waals surface area contributed by atoms with Crippen LogP contribution in [-0.2, 0) is 27.9 Å². The number of methoxy groups -OCH3 is 1. The summed E-state index contributed by atoms with van der Waals surface area (Å²) in [4.78, 5) is 16.0. The highest BCUT2D eigenvalue weighted by Gasteiger charge is 2.26. The Morgan fingerprint density at radius 1 is 0.967 bits per heavy atom. The molecule has 0 unspecified atom stereocenters. The minimum atomic E-state index is -3.75. The Hall–Kier alpha value is -2.68. The van der Waals surface area contributed by atoms with Gasteiger partial charge in [-0.15, -0.1) is 11.3 Å². The van der Waals surface area contributed by atoms with Gasteiger partial charge in [0.15, 0.2) is 0 Å². The van der Waals surface area contributed by atoms with Gasteiger partial charge < -0.3 is 9.64 Å². The molecule has 1 aromatic heterocycles. The van der Waals surface area contributed by atoms with Gasteiger partial charge in [-0.05, 0) is 29.6 Å². The van der Waals surface area contributed by atoms with Gasteiger partial charge in [0.1, 0.15) is 5.75 Å². The molecule has 0 aliphatic rings. The predicted octanol–water partition coefficient (Wildman–Crippen LogP) is 3.61. The largest absolute Gasteiger partial charge is 0.496 e. The van der Waals surface area contributed by atoms with Gasteiger partial charge in [-0.3, -0.25) is 4.79 Å². The maximum Gasteiger partial charge on any atom is 0.243 e. The summed E-state index contributed by atoms with van der Waals surface area (Å²) in [6.07, 6.45) is 0. The number of sulfonamides is 1. The number of benzene rings is 2. The maximum absolute atomic E-state index is 13.1. The molecular weight excluding hydrogens is 420 g/mol. The number of carbonyl (C=O) groups is 1. The highest BCUT2D eigenvalue weighted by molar-refractivity contribution is 7.89. The molecule has 3 rings (SSSR count). The second-order valence-electron chi connectivity index (χ2n) is 6.72. The minimum Gasteiger partial charge on any atom is -0.496 e. The van der Waals surface area contributed by atoms with Crippen LogP contribution in [0.25, 0.3) is 0 Å². The van der Waals surface area contributed by atoms with Crippen molar-refractivity contribution in [3.63, 3.8) is 0 Å². The zero-order valence-electron chi connectivity index (χ0n) is 16.9. The summed E-state index contributed by atoms with van der Waals surface area (Å²) in [7, 11) is -0.740. The first-order valence-electron chi connectivity index (χ1n) is 9.35. The Balaban J connectivity index is 1.81. The van der Waals surface area contributed by atoms with Crippen LogP contribution in [0.1, 0.15) is 10.4 Å². The van der Waals surface area contributed by atoms with Crippen LogP contribution < -0.4 is 4.74 Å². The monoisotopic (exact) mass is 444 g/mol. The maximum atomic E-state index is 13.1. The molecule has 0 spiro atoms. The van der Waals surface area contributed by atoms with Crippen molar-refractivity contribution in [2.75, 3.05) is 20.7 Å². The van der Waals surface area contributed by atoms with Gasteiger partial charge in [-0.2, -0.15) is 4.31 Å². The smallest absolute Gasteiger partial charge is 0.243 e. The van der Waals surface area contributed by atoms with Crippen LogP contribution in [0.15, 0.2) is 77.0 Å². The van der Waals surface area contributed by atoms with E-state index in [1.807, 2.05) is 41.8 Å². The molecule has 30 heavy (non-hydrogen) atoms. The molecule has 2 aromatic carbocycles. The topological polar surface area (TPSA) is 66.9 Å². The third-order valence-corrected chi connectivity index (χ3v) is 7.32. The van der Waals surface area contributed by atoms with Gasteiger partial charge >= 0.3 is 0 Å². The van der Waals surface area contributed by atoms with Crippen molar-refractivity contribution in [3.05, 3.63) is 82.6 Å². The second kappa shape index (κ2) is 9.88. The minimum absolute atomic E-state index is 0.162. The average Bonchev–Trinajstić information content (AvgIpc) is 3.27. The number of ether oxygens (including phenoxy) is 1. The van der Waals surface area contributed by atoms with E-state index in [9.17, 15) is 13.2 Å². The first-order valence-corrected chi connectivity index (χ1v) is 11.7. The quantitative estimate of drug-likeness (QED) is 0.506. The molecule has 0 N–H and O–H groups in total. The average molecular weight is 445 g/mol. The fraction of sp³-hybridized carbons (Fsp3) is 0.227. The molecule has 6 nitrogen and oxygen atoms in total. The number of rotatable bonds is 9. The van der Waals surface area contributed by atoms with Crippen molar-refractivity contribution in [2.45, 2.75) is 18.0 Å². The van der Waals surface area contributed by atoms with Crippen LogP contribution >= 0.6 is 11.3 Å². The molecule has 1 amide bonds. The van der Waals surface area contributed by atoms with E-state index in [4.69, 9.17) is 4.74 Å². The number of hydrogen-bond donors (Lipinski definition) is 0. The summed E-state index contributed by atoms with van der Waals surface area (Å²) in [6.45, 7) is 0.464. The Bertz CT molecular complexity index is 1070. The molecule has 0 fully saturated rings. The van der Waals surface area contributed by atoms with E-state index in [0.29, 0.717) is 18.8 Å². The predicted molar refractivity (Wildman–Crippen MR) is 118 cm³/mol. The van der Waals surface area contributed by atoms with Crippen molar-refractivity contribution in [1.82, 2.24) is 9.21 Å². The molecule has 0 radical (unpaired) electrons. The summed E-state index contributed by atoms with van der Waals surface area (Å²) in [5.74, 6) is 0.406. The van der Waals surface area contributed by atoms with Crippen LogP contribution in [0.5, 0.6) is 5.75 Å². The molecule has 0 saturated heterocycles. The Morgan fingerprint density at radius 3 is 2.33 bits per heavy atom. The van der Waals surface area contributed by atoms with Crippen LogP contribution in [0, 0.1) is 0 Å². The van der Waals surface area contributed by atoms with E-state index in [-0.39, 0.29) is 17.3 Å². The molecule has 158 valence electrons. The van der Waals surface area contributed by atoms with Crippen molar-refractivity contribution >= 4 is 27.3 Å². The Labute approximate surface area is 181 Å². The number of hydrogen-bond acceptors (Lipinski definition) is 5.